The molecule has 0 heterocycles. The van der Waals surface area contributed by atoms with Gasteiger partial charge in [-0.25, -0.2) is 4.79 Å². The van der Waals surface area contributed by atoms with Crippen LogP contribution in [0.5, 0.6) is 5.75 Å². The van der Waals surface area contributed by atoms with Gasteiger partial charge in [0, 0.05) is 6.54 Å². The Morgan fingerprint density at radius 1 is 1.05 bits per heavy atom. The standard InChI is InChI=1S/C17H27NO3.ClH/c1-4-7-13-20-16-10-8-15(9-11-16)17(19)21-14-12-18(5-2)6-3;/h8-11H,4-7,12-14H2,1-3H3;1H. The lowest BCUT2D eigenvalue weighted by Gasteiger charge is -2.17. The average molecular weight is 330 g/mol. The third-order valence-electron chi connectivity index (χ3n) is 3.39. The molecular weight excluding hydrogens is 302 g/mol. The lowest BCUT2D eigenvalue weighted by atomic mass is 10.2. The number of likely N-dealkylation sites (N-methyl/N-ethyl adjacent to an activating group) is 1. The molecule has 0 spiro atoms. The Balaban J connectivity index is 0.00000441. The number of ether oxygens (including phenoxy) is 2. The first-order valence-corrected chi connectivity index (χ1v) is 7.83. The largest absolute Gasteiger partial charge is 0.494 e. The van der Waals surface area contributed by atoms with Crippen molar-refractivity contribution in [3.63, 3.8) is 0 Å². The van der Waals surface area contributed by atoms with Gasteiger partial charge in [0.05, 0.1) is 12.2 Å². The zero-order chi connectivity index (χ0) is 15.5. The maximum absolute atomic E-state index is 11.9. The third kappa shape index (κ3) is 7.66. The summed E-state index contributed by atoms with van der Waals surface area (Å²) in [7, 11) is 0. The molecule has 0 aliphatic rings. The molecule has 4 nitrogen and oxygen atoms in total. The molecule has 0 aromatic heterocycles. The van der Waals surface area contributed by atoms with Crippen molar-refractivity contribution in [3.05, 3.63) is 29.8 Å². The molecule has 0 saturated heterocycles. The van der Waals surface area contributed by atoms with Crippen LogP contribution >= 0.6 is 12.4 Å². The molecule has 0 aliphatic heterocycles. The molecular formula is C17H28ClNO3. The summed E-state index contributed by atoms with van der Waals surface area (Å²) in [6, 6.07) is 7.13. The summed E-state index contributed by atoms with van der Waals surface area (Å²) >= 11 is 0. The fourth-order valence-electron chi connectivity index (χ4n) is 1.91. The number of carbonyl (C=O) groups excluding carboxylic acids is 1. The molecule has 0 aliphatic carbocycles. The zero-order valence-corrected chi connectivity index (χ0v) is 14.7. The van der Waals surface area contributed by atoms with Gasteiger partial charge in [0.15, 0.2) is 0 Å². The van der Waals surface area contributed by atoms with E-state index in [-0.39, 0.29) is 18.4 Å². The summed E-state index contributed by atoms with van der Waals surface area (Å²) in [4.78, 5) is 14.1. The molecule has 0 unspecified atom stereocenters. The van der Waals surface area contributed by atoms with Gasteiger partial charge >= 0.3 is 5.97 Å². The smallest absolute Gasteiger partial charge is 0.338 e. The maximum Gasteiger partial charge on any atom is 0.338 e. The minimum atomic E-state index is -0.276. The maximum atomic E-state index is 11.9. The SMILES string of the molecule is CCCCOc1ccc(C(=O)OCCN(CC)CC)cc1.Cl. The van der Waals surface area contributed by atoms with Gasteiger partial charge in [0.1, 0.15) is 12.4 Å². The van der Waals surface area contributed by atoms with E-state index in [1.165, 1.54) is 0 Å². The van der Waals surface area contributed by atoms with Crippen molar-refractivity contribution in [2.24, 2.45) is 0 Å². The predicted octanol–water partition coefficient (Wildman–Crippen LogP) is 3.79. The molecule has 0 amide bonds. The van der Waals surface area contributed by atoms with Crippen molar-refractivity contribution in [2.75, 3.05) is 32.8 Å². The molecule has 1 rings (SSSR count). The van der Waals surface area contributed by atoms with Gasteiger partial charge in [-0.3, -0.25) is 0 Å². The number of esters is 1. The Hall–Kier alpha value is -1.26. The molecule has 0 atom stereocenters. The lowest BCUT2D eigenvalue weighted by Crippen LogP contribution is -2.27. The quantitative estimate of drug-likeness (QED) is 0.483. The summed E-state index contributed by atoms with van der Waals surface area (Å²) in [6.45, 7) is 10.2. The highest BCUT2D eigenvalue weighted by Gasteiger charge is 2.08. The van der Waals surface area contributed by atoms with Crippen LogP contribution in [0.15, 0.2) is 24.3 Å². The van der Waals surface area contributed by atoms with Crippen LogP contribution < -0.4 is 4.74 Å². The monoisotopic (exact) mass is 329 g/mol. The van der Waals surface area contributed by atoms with Gasteiger partial charge < -0.3 is 14.4 Å². The van der Waals surface area contributed by atoms with E-state index in [9.17, 15) is 4.79 Å². The topological polar surface area (TPSA) is 38.8 Å². The van der Waals surface area contributed by atoms with E-state index >= 15 is 0 Å². The van der Waals surface area contributed by atoms with E-state index in [4.69, 9.17) is 9.47 Å². The fraction of sp³-hybridized carbons (Fsp3) is 0.588. The Morgan fingerprint density at radius 3 is 2.23 bits per heavy atom. The second-order valence-corrected chi connectivity index (χ2v) is 4.89. The van der Waals surface area contributed by atoms with Crippen LogP contribution in [0.3, 0.4) is 0 Å². The minimum absolute atomic E-state index is 0. The Bertz CT molecular complexity index is 405. The summed E-state index contributed by atoms with van der Waals surface area (Å²) in [5, 5.41) is 0. The van der Waals surface area contributed by atoms with Gasteiger partial charge in [-0.2, -0.15) is 0 Å². The van der Waals surface area contributed by atoms with Crippen LogP contribution in [0.1, 0.15) is 44.0 Å². The van der Waals surface area contributed by atoms with Crippen molar-refractivity contribution < 1.29 is 14.3 Å². The highest BCUT2D eigenvalue weighted by molar-refractivity contribution is 5.89. The van der Waals surface area contributed by atoms with E-state index in [1.54, 1.807) is 12.1 Å². The first-order chi connectivity index (χ1) is 10.2. The van der Waals surface area contributed by atoms with Gasteiger partial charge in [0.25, 0.3) is 0 Å². The van der Waals surface area contributed by atoms with Crippen LogP contribution in [0.4, 0.5) is 0 Å². The van der Waals surface area contributed by atoms with E-state index in [1.807, 2.05) is 12.1 Å². The van der Waals surface area contributed by atoms with E-state index in [2.05, 4.69) is 25.7 Å². The van der Waals surface area contributed by atoms with E-state index in [0.29, 0.717) is 18.8 Å². The van der Waals surface area contributed by atoms with Gasteiger partial charge in [0.2, 0.25) is 0 Å². The Kier molecular flexibility index (Phi) is 11.6. The Morgan fingerprint density at radius 2 is 1.68 bits per heavy atom. The average Bonchev–Trinajstić information content (AvgIpc) is 2.52. The first-order valence-electron chi connectivity index (χ1n) is 7.83. The molecule has 126 valence electrons. The normalized spacial score (nSPS) is 10.2. The fourth-order valence-corrected chi connectivity index (χ4v) is 1.91. The van der Waals surface area contributed by atoms with Crippen molar-refractivity contribution in [2.45, 2.75) is 33.6 Å². The van der Waals surface area contributed by atoms with Gasteiger partial charge in [-0.15, -0.1) is 12.4 Å². The number of rotatable bonds is 10. The molecule has 0 N–H and O–H groups in total. The van der Waals surface area contributed by atoms with Gasteiger partial charge in [-0.1, -0.05) is 27.2 Å². The first kappa shape index (κ1) is 20.7. The molecule has 0 saturated carbocycles. The summed E-state index contributed by atoms with van der Waals surface area (Å²) in [5.74, 6) is 0.519. The zero-order valence-electron chi connectivity index (χ0n) is 13.8. The van der Waals surface area contributed by atoms with Crippen molar-refractivity contribution >= 4 is 18.4 Å². The second kappa shape index (κ2) is 12.3. The van der Waals surface area contributed by atoms with Crippen molar-refractivity contribution in [3.8, 4) is 5.75 Å². The van der Waals surface area contributed by atoms with E-state index < -0.39 is 0 Å². The van der Waals surface area contributed by atoms with E-state index in [0.717, 1.165) is 38.2 Å². The minimum Gasteiger partial charge on any atom is -0.494 e. The number of carbonyl (C=O) groups is 1. The number of hydrogen-bond acceptors (Lipinski definition) is 4. The highest BCUT2D eigenvalue weighted by atomic mass is 35.5. The predicted molar refractivity (Wildman–Crippen MR) is 92.2 cm³/mol. The molecule has 1 aromatic rings. The third-order valence-corrected chi connectivity index (χ3v) is 3.39. The van der Waals surface area contributed by atoms with Crippen LogP contribution in [0.2, 0.25) is 0 Å². The molecule has 22 heavy (non-hydrogen) atoms. The molecule has 0 bridgehead atoms. The number of hydrogen-bond donors (Lipinski definition) is 0. The van der Waals surface area contributed by atoms with Crippen LogP contribution in [0, 0.1) is 0 Å². The number of unbranched alkanes of at least 4 members (excludes halogenated alkanes) is 1. The number of benzene rings is 1. The van der Waals surface area contributed by atoms with Crippen molar-refractivity contribution in [1.29, 1.82) is 0 Å². The van der Waals surface area contributed by atoms with Crippen molar-refractivity contribution in [1.82, 2.24) is 4.90 Å². The summed E-state index contributed by atoms with van der Waals surface area (Å²) in [5.41, 5.74) is 0.567. The molecule has 0 radical (unpaired) electrons. The summed E-state index contributed by atoms with van der Waals surface area (Å²) in [6.07, 6.45) is 2.14. The highest BCUT2D eigenvalue weighted by Crippen LogP contribution is 2.13. The molecule has 5 heteroatoms. The summed E-state index contributed by atoms with van der Waals surface area (Å²) < 4.78 is 10.8. The molecule has 0 fully saturated rings. The van der Waals surface area contributed by atoms with Crippen LogP contribution in [0.25, 0.3) is 0 Å². The van der Waals surface area contributed by atoms with Crippen LogP contribution in [-0.2, 0) is 4.74 Å². The number of halogens is 1. The van der Waals surface area contributed by atoms with Crippen LogP contribution in [-0.4, -0.2) is 43.7 Å². The number of nitrogens with zero attached hydrogens (tertiary/aromatic N) is 1. The second-order valence-electron chi connectivity index (χ2n) is 4.89. The lowest BCUT2D eigenvalue weighted by molar-refractivity contribution is 0.0466. The van der Waals surface area contributed by atoms with Gasteiger partial charge in [-0.05, 0) is 43.8 Å². The molecule has 1 aromatic carbocycles. The Labute approximate surface area is 140 Å².